The number of para-hydroxylation sites is 1. The topological polar surface area (TPSA) is 3.24 Å². The first-order valence-electron chi connectivity index (χ1n) is 23.8. The summed E-state index contributed by atoms with van der Waals surface area (Å²) in [6.45, 7) is 0. The first-order valence-corrected chi connectivity index (χ1v) is 23.8. The average Bonchev–Trinajstić information content (AvgIpc) is 3.44. The molecule has 0 saturated heterocycles. The maximum Gasteiger partial charge on any atom is 0.0618 e. The van der Waals surface area contributed by atoms with Crippen molar-refractivity contribution in [3.05, 3.63) is 285 Å². The van der Waals surface area contributed by atoms with Gasteiger partial charge in [-0.15, -0.1) is 0 Å². The van der Waals surface area contributed by atoms with E-state index in [1.54, 1.807) is 0 Å². The second-order valence-electron chi connectivity index (χ2n) is 17.6. The lowest BCUT2D eigenvalue weighted by molar-refractivity contribution is 1.28. The summed E-state index contributed by atoms with van der Waals surface area (Å²) in [5, 5.41) is 4.98. The Bertz CT molecular complexity index is 3640. The molecule has 324 valence electrons. The largest absolute Gasteiger partial charge is 0.309 e. The van der Waals surface area contributed by atoms with E-state index in [9.17, 15) is 0 Å². The van der Waals surface area contributed by atoms with Crippen LogP contribution in [0.3, 0.4) is 0 Å². The van der Waals surface area contributed by atoms with Gasteiger partial charge in [-0.05, 0) is 113 Å². The third-order valence-corrected chi connectivity index (χ3v) is 13.5. The minimum absolute atomic E-state index is 1.07. The third-order valence-electron chi connectivity index (χ3n) is 13.5. The average molecular weight is 878 g/mol. The van der Waals surface area contributed by atoms with Crippen molar-refractivity contribution in [2.45, 2.75) is 0 Å². The maximum atomic E-state index is 2.45. The lowest BCUT2D eigenvalue weighted by atomic mass is 9.83. The van der Waals surface area contributed by atoms with E-state index in [1.807, 2.05) is 0 Å². The highest BCUT2D eigenvalue weighted by Gasteiger charge is 2.24. The molecule has 12 aromatic carbocycles. The molecule has 0 aromatic heterocycles. The molecule has 0 amide bonds. The predicted molar refractivity (Wildman–Crippen MR) is 294 cm³/mol. The summed E-state index contributed by atoms with van der Waals surface area (Å²) in [6, 6.07) is 104. The Labute approximate surface area is 404 Å². The molecule has 0 unspecified atom stereocenters. The number of rotatable bonds is 10. The predicted octanol–water partition coefficient (Wildman–Crippen LogP) is 19.1. The standard InChI is InChI=1S/C68H47N/c1-6-20-48(21-7-1)49-36-38-50(39-37-49)51-40-44-57(45-41-51)69(68-60(52-22-8-2-9-23-52)33-19-34-61(68)53-24-10-3-11-25-53)58-46-42-54(43-47-58)59-32-18-35-64-66(56-28-14-5-15-29-56)65(55-26-12-4-13-27-55)62-30-16-17-31-63(62)67(59)64/h1-47H. The summed E-state index contributed by atoms with van der Waals surface area (Å²) in [6.07, 6.45) is 0. The van der Waals surface area contributed by atoms with Gasteiger partial charge in [0.25, 0.3) is 0 Å². The van der Waals surface area contributed by atoms with Crippen molar-refractivity contribution in [2.24, 2.45) is 0 Å². The van der Waals surface area contributed by atoms with Crippen molar-refractivity contribution in [1.82, 2.24) is 0 Å². The zero-order chi connectivity index (χ0) is 45.9. The summed E-state index contributed by atoms with van der Waals surface area (Å²) in [7, 11) is 0. The Kier molecular flexibility index (Phi) is 11.0. The fourth-order valence-electron chi connectivity index (χ4n) is 10.3. The Balaban J connectivity index is 1.04. The molecule has 12 aromatic rings. The first kappa shape index (κ1) is 41.4. The van der Waals surface area contributed by atoms with Crippen LogP contribution in [0.25, 0.3) is 99.4 Å². The Morgan fingerprint density at radius 1 is 0.188 bits per heavy atom. The molecular formula is C68H47N. The quantitative estimate of drug-likeness (QED) is 0.124. The highest BCUT2D eigenvalue weighted by Crippen LogP contribution is 2.49. The summed E-state index contributed by atoms with van der Waals surface area (Å²) >= 11 is 0. The summed E-state index contributed by atoms with van der Waals surface area (Å²) in [5.74, 6) is 0. The number of hydrogen-bond acceptors (Lipinski definition) is 1. The number of nitrogens with zero attached hydrogens (tertiary/aromatic N) is 1. The highest BCUT2D eigenvalue weighted by molar-refractivity contribution is 6.25. The summed E-state index contributed by atoms with van der Waals surface area (Å²) in [5.41, 5.74) is 20.0. The van der Waals surface area contributed by atoms with Gasteiger partial charge in [0.05, 0.1) is 5.69 Å². The van der Waals surface area contributed by atoms with Crippen molar-refractivity contribution < 1.29 is 0 Å². The van der Waals surface area contributed by atoms with Gasteiger partial charge >= 0.3 is 0 Å². The summed E-state index contributed by atoms with van der Waals surface area (Å²) in [4.78, 5) is 2.45. The second kappa shape index (κ2) is 18.3. The van der Waals surface area contributed by atoms with Gasteiger partial charge in [0.2, 0.25) is 0 Å². The zero-order valence-electron chi connectivity index (χ0n) is 38.1. The zero-order valence-corrected chi connectivity index (χ0v) is 38.1. The molecule has 12 rings (SSSR count). The van der Waals surface area contributed by atoms with E-state index in [4.69, 9.17) is 0 Å². The van der Waals surface area contributed by atoms with Crippen LogP contribution in [0, 0.1) is 0 Å². The molecule has 0 aliphatic carbocycles. The van der Waals surface area contributed by atoms with Crippen LogP contribution in [0.4, 0.5) is 17.1 Å². The Hall–Kier alpha value is -9.04. The molecule has 0 saturated carbocycles. The van der Waals surface area contributed by atoms with Gasteiger partial charge in [0, 0.05) is 22.5 Å². The van der Waals surface area contributed by atoms with Gasteiger partial charge < -0.3 is 4.90 Å². The molecule has 69 heavy (non-hydrogen) atoms. The number of benzene rings is 12. The van der Waals surface area contributed by atoms with Crippen molar-refractivity contribution in [1.29, 1.82) is 0 Å². The van der Waals surface area contributed by atoms with Gasteiger partial charge in [-0.1, -0.05) is 261 Å². The highest BCUT2D eigenvalue weighted by atomic mass is 15.1. The van der Waals surface area contributed by atoms with Crippen LogP contribution in [0.1, 0.15) is 0 Å². The monoisotopic (exact) mass is 877 g/mol. The molecule has 1 heteroatoms. The van der Waals surface area contributed by atoms with Crippen molar-refractivity contribution >= 4 is 38.6 Å². The maximum absolute atomic E-state index is 2.45. The van der Waals surface area contributed by atoms with Crippen LogP contribution in [0.2, 0.25) is 0 Å². The van der Waals surface area contributed by atoms with Crippen LogP contribution in [0.15, 0.2) is 285 Å². The van der Waals surface area contributed by atoms with E-state index in [2.05, 4.69) is 290 Å². The van der Waals surface area contributed by atoms with E-state index in [1.165, 1.54) is 71.6 Å². The van der Waals surface area contributed by atoms with Gasteiger partial charge in [-0.3, -0.25) is 0 Å². The van der Waals surface area contributed by atoms with Gasteiger partial charge in [0.1, 0.15) is 0 Å². The fourth-order valence-corrected chi connectivity index (χ4v) is 10.3. The molecular weight excluding hydrogens is 831 g/mol. The summed E-state index contributed by atoms with van der Waals surface area (Å²) < 4.78 is 0. The molecule has 0 radical (unpaired) electrons. The smallest absolute Gasteiger partial charge is 0.0618 e. The van der Waals surface area contributed by atoms with E-state index < -0.39 is 0 Å². The van der Waals surface area contributed by atoms with E-state index >= 15 is 0 Å². The van der Waals surface area contributed by atoms with Crippen LogP contribution >= 0.6 is 0 Å². The van der Waals surface area contributed by atoms with Crippen molar-refractivity contribution in [3.8, 4) is 77.9 Å². The van der Waals surface area contributed by atoms with Crippen molar-refractivity contribution in [2.75, 3.05) is 4.90 Å². The fraction of sp³-hybridized carbons (Fsp3) is 0. The minimum Gasteiger partial charge on any atom is -0.309 e. The minimum atomic E-state index is 1.07. The SMILES string of the molecule is c1ccc(-c2ccc(-c3ccc(N(c4ccc(-c5cccc6c(-c7ccccc7)c(-c7ccccc7)c7ccccc7c56)cc4)c4c(-c5ccccc5)cccc4-c4ccccc4)cc3)cc2)cc1. The normalized spacial score (nSPS) is 11.2. The number of fused-ring (bicyclic) bond motifs is 3. The van der Waals surface area contributed by atoms with Gasteiger partial charge in [-0.25, -0.2) is 0 Å². The molecule has 0 spiro atoms. The first-order chi connectivity index (χ1) is 34.3. The van der Waals surface area contributed by atoms with Crippen molar-refractivity contribution in [3.63, 3.8) is 0 Å². The van der Waals surface area contributed by atoms with Gasteiger partial charge in [0.15, 0.2) is 0 Å². The van der Waals surface area contributed by atoms with Crippen LogP contribution in [0.5, 0.6) is 0 Å². The molecule has 0 bridgehead atoms. The van der Waals surface area contributed by atoms with Crippen LogP contribution < -0.4 is 4.90 Å². The molecule has 0 N–H and O–H groups in total. The van der Waals surface area contributed by atoms with Crippen LogP contribution in [-0.2, 0) is 0 Å². The Morgan fingerprint density at radius 3 is 0.971 bits per heavy atom. The van der Waals surface area contributed by atoms with Crippen LogP contribution in [-0.4, -0.2) is 0 Å². The lowest BCUT2D eigenvalue weighted by Crippen LogP contribution is -2.12. The number of anilines is 3. The molecule has 0 atom stereocenters. The van der Waals surface area contributed by atoms with E-state index in [-0.39, 0.29) is 0 Å². The molecule has 0 fully saturated rings. The van der Waals surface area contributed by atoms with E-state index in [0.717, 1.165) is 44.9 Å². The molecule has 0 aliphatic heterocycles. The second-order valence-corrected chi connectivity index (χ2v) is 17.6. The third kappa shape index (κ3) is 7.86. The molecule has 0 heterocycles. The van der Waals surface area contributed by atoms with E-state index in [0.29, 0.717) is 0 Å². The van der Waals surface area contributed by atoms with Gasteiger partial charge in [-0.2, -0.15) is 0 Å². The molecule has 1 nitrogen and oxygen atoms in total. The lowest BCUT2D eigenvalue weighted by Gasteiger charge is -2.31. The Morgan fingerprint density at radius 2 is 0.493 bits per heavy atom. The molecule has 0 aliphatic rings. The number of hydrogen-bond donors (Lipinski definition) is 0.